The molecule has 4 heteroatoms. The largest absolute Gasteiger partial charge is 0.395 e. The Labute approximate surface area is 57.8 Å². The summed E-state index contributed by atoms with van der Waals surface area (Å²) in [5.41, 5.74) is -1.37. The summed E-state index contributed by atoms with van der Waals surface area (Å²) < 4.78 is 30.0. The monoisotopic (exact) mass is 152 g/mol. The van der Waals surface area contributed by atoms with Crippen molar-refractivity contribution in [3.63, 3.8) is 0 Å². The van der Waals surface area contributed by atoms with Crippen molar-refractivity contribution < 1.29 is 18.6 Å². The Kier molecular flexibility index (Phi) is 1.68. The second kappa shape index (κ2) is 2.13. The zero-order valence-electron chi connectivity index (χ0n) is 5.73. The van der Waals surface area contributed by atoms with Crippen molar-refractivity contribution in [2.45, 2.75) is 12.8 Å². The molecule has 0 aromatic carbocycles. The maximum absolute atomic E-state index is 12.7. The highest BCUT2D eigenvalue weighted by Gasteiger charge is 2.54. The molecule has 0 spiro atoms. The molecule has 1 unspecified atom stereocenters. The van der Waals surface area contributed by atoms with Gasteiger partial charge in [-0.3, -0.25) is 0 Å². The molecule has 1 rings (SSSR count). The van der Waals surface area contributed by atoms with Crippen LogP contribution in [0.1, 0.15) is 6.92 Å². The van der Waals surface area contributed by atoms with Crippen LogP contribution in [0, 0.1) is 5.41 Å². The first-order valence-electron chi connectivity index (χ1n) is 3.08. The van der Waals surface area contributed by atoms with Crippen LogP contribution in [0.25, 0.3) is 0 Å². The van der Waals surface area contributed by atoms with Crippen LogP contribution in [0.2, 0.25) is 0 Å². The van der Waals surface area contributed by atoms with Crippen LogP contribution >= 0.6 is 0 Å². The van der Waals surface area contributed by atoms with Crippen LogP contribution in [0.4, 0.5) is 8.78 Å². The number of rotatable bonds is 1. The molecule has 1 aliphatic rings. The molecule has 0 bridgehead atoms. The van der Waals surface area contributed by atoms with Crippen molar-refractivity contribution in [1.82, 2.24) is 0 Å². The van der Waals surface area contributed by atoms with Gasteiger partial charge in [-0.2, -0.15) is 0 Å². The van der Waals surface area contributed by atoms with E-state index in [1.165, 1.54) is 6.92 Å². The summed E-state index contributed by atoms with van der Waals surface area (Å²) in [5.74, 6) is -2.87. The topological polar surface area (TPSA) is 29.5 Å². The number of halogens is 2. The summed E-state index contributed by atoms with van der Waals surface area (Å²) in [4.78, 5) is 0. The van der Waals surface area contributed by atoms with E-state index in [9.17, 15) is 8.78 Å². The fourth-order valence-corrected chi connectivity index (χ4v) is 0.846. The third-order valence-corrected chi connectivity index (χ3v) is 1.94. The van der Waals surface area contributed by atoms with Crippen LogP contribution in [-0.2, 0) is 4.74 Å². The molecule has 0 aromatic heterocycles. The van der Waals surface area contributed by atoms with E-state index in [4.69, 9.17) is 5.11 Å². The molecule has 0 aromatic rings. The van der Waals surface area contributed by atoms with Gasteiger partial charge in [0, 0.05) is 0 Å². The molecule has 60 valence electrons. The molecule has 0 amide bonds. The fraction of sp³-hybridized carbons (Fsp3) is 1.00. The van der Waals surface area contributed by atoms with Crippen molar-refractivity contribution in [2.75, 3.05) is 19.8 Å². The lowest BCUT2D eigenvalue weighted by atomic mass is 9.88. The highest BCUT2D eigenvalue weighted by atomic mass is 19.3. The van der Waals surface area contributed by atoms with Crippen LogP contribution in [0.5, 0.6) is 0 Å². The van der Waals surface area contributed by atoms with Gasteiger partial charge >= 0.3 is 0 Å². The van der Waals surface area contributed by atoms with Crippen molar-refractivity contribution in [3.8, 4) is 0 Å². The first-order valence-corrected chi connectivity index (χ1v) is 3.08. The minimum absolute atomic E-state index is 0.0590. The molecule has 10 heavy (non-hydrogen) atoms. The first-order chi connectivity index (χ1) is 4.52. The quantitative estimate of drug-likeness (QED) is 0.597. The predicted octanol–water partition coefficient (Wildman–Crippen LogP) is 0.650. The summed E-state index contributed by atoms with van der Waals surface area (Å²) >= 11 is 0. The Morgan fingerprint density at radius 1 is 1.50 bits per heavy atom. The van der Waals surface area contributed by atoms with E-state index >= 15 is 0 Å². The van der Waals surface area contributed by atoms with E-state index in [1.54, 1.807) is 0 Å². The molecule has 1 fully saturated rings. The standard InChI is InChI=1S/C6H10F2O2/c1-5(2-9)3-10-4-6(5,7)8/h9H,2-4H2,1H3. The Bertz CT molecular complexity index is 138. The molecule has 2 nitrogen and oxygen atoms in total. The first kappa shape index (κ1) is 7.88. The van der Waals surface area contributed by atoms with E-state index in [0.717, 1.165) is 0 Å². The number of hydrogen-bond acceptors (Lipinski definition) is 2. The molecule has 0 radical (unpaired) electrons. The number of aliphatic hydroxyl groups excluding tert-OH is 1. The van der Waals surface area contributed by atoms with Crippen molar-refractivity contribution in [1.29, 1.82) is 0 Å². The molecule has 1 N–H and O–H groups in total. The van der Waals surface area contributed by atoms with Gasteiger partial charge < -0.3 is 9.84 Å². The maximum atomic E-state index is 12.7. The zero-order valence-corrected chi connectivity index (χ0v) is 5.73. The van der Waals surface area contributed by atoms with Gasteiger partial charge in [0.1, 0.15) is 6.61 Å². The van der Waals surface area contributed by atoms with Crippen LogP contribution < -0.4 is 0 Å². The molecule has 0 saturated carbocycles. The highest BCUT2D eigenvalue weighted by molar-refractivity contribution is 4.92. The summed E-state index contributed by atoms with van der Waals surface area (Å²) in [7, 11) is 0. The zero-order chi connectivity index (χ0) is 7.83. The second-order valence-corrected chi connectivity index (χ2v) is 2.92. The van der Waals surface area contributed by atoms with Gasteiger partial charge in [0.25, 0.3) is 5.92 Å². The van der Waals surface area contributed by atoms with Gasteiger partial charge in [-0.25, -0.2) is 8.78 Å². The van der Waals surface area contributed by atoms with Gasteiger partial charge in [-0.1, -0.05) is 0 Å². The highest BCUT2D eigenvalue weighted by Crippen LogP contribution is 2.41. The van der Waals surface area contributed by atoms with Gasteiger partial charge in [0.15, 0.2) is 0 Å². The molecule has 1 heterocycles. The van der Waals surface area contributed by atoms with Crippen molar-refractivity contribution in [2.24, 2.45) is 5.41 Å². The smallest absolute Gasteiger partial charge is 0.280 e. The average molecular weight is 152 g/mol. The Hall–Kier alpha value is -0.220. The Balaban J connectivity index is 2.76. The molecule has 1 saturated heterocycles. The lowest BCUT2D eigenvalue weighted by Gasteiger charge is -2.25. The van der Waals surface area contributed by atoms with E-state index in [0.29, 0.717) is 0 Å². The van der Waals surface area contributed by atoms with Gasteiger partial charge in [-0.05, 0) is 6.92 Å². The SMILES string of the molecule is CC1(CO)COCC1(F)F. The van der Waals surface area contributed by atoms with E-state index in [2.05, 4.69) is 4.74 Å². The lowest BCUT2D eigenvalue weighted by molar-refractivity contribution is -0.0978. The van der Waals surface area contributed by atoms with E-state index < -0.39 is 24.6 Å². The minimum Gasteiger partial charge on any atom is -0.395 e. The summed E-state index contributed by atoms with van der Waals surface area (Å²) in [6.45, 7) is 0.167. The normalized spacial score (nSPS) is 38.4. The second-order valence-electron chi connectivity index (χ2n) is 2.92. The third kappa shape index (κ3) is 0.914. The Morgan fingerprint density at radius 3 is 2.30 bits per heavy atom. The van der Waals surface area contributed by atoms with Gasteiger partial charge in [0.2, 0.25) is 0 Å². The summed E-state index contributed by atoms with van der Waals surface area (Å²) in [6.07, 6.45) is 0. The number of alkyl halides is 2. The molecule has 1 atom stereocenters. The van der Waals surface area contributed by atoms with E-state index in [1.807, 2.05) is 0 Å². The van der Waals surface area contributed by atoms with E-state index in [-0.39, 0.29) is 6.61 Å². The van der Waals surface area contributed by atoms with Crippen LogP contribution in [0.3, 0.4) is 0 Å². The number of ether oxygens (including phenoxy) is 1. The van der Waals surface area contributed by atoms with Crippen molar-refractivity contribution >= 4 is 0 Å². The van der Waals surface area contributed by atoms with Gasteiger partial charge in [0.05, 0.1) is 18.6 Å². The summed E-state index contributed by atoms with van der Waals surface area (Å²) in [5, 5.41) is 8.60. The van der Waals surface area contributed by atoms with Crippen molar-refractivity contribution in [3.05, 3.63) is 0 Å². The number of aliphatic hydroxyl groups is 1. The predicted molar refractivity (Wildman–Crippen MR) is 31.0 cm³/mol. The maximum Gasteiger partial charge on any atom is 0.280 e. The fourth-order valence-electron chi connectivity index (χ4n) is 0.846. The number of hydrogen-bond donors (Lipinski definition) is 1. The molecular weight excluding hydrogens is 142 g/mol. The van der Waals surface area contributed by atoms with Crippen LogP contribution in [0.15, 0.2) is 0 Å². The summed E-state index contributed by atoms with van der Waals surface area (Å²) in [6, 6.07) is 0. The molecular formula is C6H10F2O2. The minimum atomic E-state index is -2.87. The molecule has 1 aliphatic heterocycles. The van der Waals surface area contributed by atoms with Gasteiger partial charge in [-0.15, -0.1) is 0 Å². The Morgan fingerprint density at radius 2 is 2.10 bits per heavy atom. The lowest BCUT2D eigenvalue weighted by Crippen LogP contribution is -2.40. The van der Waals surface area contributed by atoms with Crippen LogP contribution in [-0.4, -0.2) is 30.8 Å². The third-order valence-electron chi connectivity index (χ3n) is 1.94. The molecule has 0 aliphatic carbocycles. The average Bonchev–Trinajstić information content (AvgIpc) is 2.10.